The molecule has 1 aliphatic heterocycles. The zero-order valence-electron chi connectivity index (χ0n) is 12.9. The van der Waals surface area contributed by atoms with Crippen LogP contribution < -0.4 is 9.80 Å². The highest BCUT2D eigenvalue weighted by molar-refractivity contribution is 7.09. The summed E-state index contributed by atoms with van der Waals surface area (Å²) in [6.07, 6.45) is 1.06. The Hall–Kier alpha value is -1.80. The highest BCUT2D eigenvalue weighted by atomic mass is 32.1. The van der Waals surface area contributed by atoms with E-state index in [1.807, 2.05) is 19.1 Å². The lowest BCUT2D eigenvalue weighted by Crippen LogP contribution is -2.31. The third-order valence-electron chi connectivity index (χ3n) is 3.61. The van der Waals surface area contributed by atoms with Gasteiger partial charge in [0.2, 0.25) is 5.13 Å². The predicted octanol–water partition coefficient (Wildman–Crippen LogP) is 1.50. The van der Waals surface area contributed by atoms with Gasteiger partial charge >= 0.3 is 0 Å². The van der Waals surface area contributed by atoms with Gasteiger partial charge in [-0.05, 0) is 25.5 Å². The number of hydrogen-bond donors (Lipinski definition) is 0. The minimum absolute atomic E-state index is 0.468. The minimum atomic E-state index is 0.468. The number of ether oxygens (including phenoxy) is 1. The molecule has 0 aliphatic carbocycles. The first-order valence-electron chi connectivity index (χ1n) is 7.38. The second-order valence-electron chi connectivity index (χ2n) is 5.29. The van der Waals surface area contributed by atoms with Crippen LogP contribution in [0.2, 0.25) is 0 Å². The minimum Gasteiger partial charge on any atom is -0.377 e. The van der Waals surface area contributed by atoms with Gasteiger partial charge in [-0.1, -0.05) is 0 Å². The van der Waals surface area contributed by atoms with Crippen molar-refractivity contribution in [2.45, 2.75) is 20.0 Å². The van der Waals surface area contributed by atoms with Crippen LogP contribution in [0.3, 0.4) is 0 Å². The van der Waals surface area contributed by atoms with Gasteiger partial charge in [-0.15, -0.1) is 5.10 Å². The van der Waals surface area contributed by atoms with Crippen molar-refractivity contribution in [1.29, 1.82) is 0 Å². The van der Waals surface area contributed by atoms with Crippen LogP contribution in [0.25, 0.3) is 0 Å². The highest BCUT2D eigenvalue weighted by Crippen LogP contribution is 2.21. The molecule has 1 fully saturated rings. The van der Waals surface area contributed by atoms with Gasteiger partial charge in [0, 0.05) is 44.8 Å². The molecular formula is C14H20N6OS. The third-order valence-corrected chi connectivity index (χ3v) is 4.42. The quantitative estimate of drug-likeness (QED) is 0.845. The number of anilines is 2. The number of methoxy groups -OCH3 is 1. The molecule has 118 valence electrons. The highest BCUT2D eigenvalue weighted by Gasteiger charge is 2.19. The summed E-state index contributed by atoms with van der Waals surface area (Å²) in [6, 6.07) is 4.05. The summed E-state index contributed by atoms with van der Waals surface area (Å²) in [7, 11) is 1.66. The van der Waals surface area contributed by atoms with Gasteiger partial charge in [0.1, 0.15) is 6.61 Å². The first-order valence-corrected chi connectivity index (χ1v) is 8.15. The molecule has 0 unspecified atom stereocenters. The van der Waals surface area contributed by atoms with Crippen LogP contribution in [0.1, 0.15) is 17.9 Å². The molecule has 0 atom stereocenters. The first-order chi connectivity index (χ1) is 10.8. The van der Waals surface area contributed by atoms with Crippen molar-refractivity contribution in [2.75, 3.05) is 43.1 Å². The van der Waals surface area contributed by atoms with Crippen molar-refractivity contribution in [3.63, 3.8) is 0 Å². The Bertz CT molecular complexity index is 602. The summed E-state index contributed by atoms with van der Waals surface area (Å²) in [5.41, 5.74) is 0.944. The Morgan fingerprint density at radius 2 is 1.95 bits per heavy atom. The van der Waals surface area contributed by atoms with Crippen LogP contribution >= 0.6 is 11.5 Å². The molecule has 1 aliphatic rings. The average Bonchev–Trinajstić information content (AvgIpc) is 2.85. The van der Waals surface area contributed by atoms with Crippen LogP contribution in [0, 0.1) is 6.92 Å². The fourth-order valence-corrected chi connectivity index (χ4v) is 3.18. The number of hydrogen-bond acceptors (Lipinski definition) is 8. The summed E-state index contributed by atoms with van der Waals surface area (Å²) in [6.45, 7) is 6.22. The maximum Gasteiger partial charge on any atom is 0.205 e. The Balaban J connectivity index is 1.65. The number of rotatable bonds is 4. The maximum absolute atomic E-state index is 5.08. The number of aryl methyl sites for hydroxylation is 1. The first kappa shape index (κ1) is 15.1. The van der Waals surface area contributed by atoms with Crippen molar-refractivity contribution in [1.82, 2.24) is 19.6 Å². The smallest absolute Gasteiger partial charge is 0.205 e. The van der Waals surface area contributed by atoms with Gasteiger partial charge in [-0.25, -0.2) is 4.98 Å². The molecule has 0 aromatic carbocycles. The zero-order valence-corrected chi connectivity index (χ0v) is 13.7. The van der Waals surface area contributed by atoms with E-state index in [0.717, 1.165) is 55.1 Å². The largest absolute Gasteiger partial charge is 0.377 e. The monoisotopic (exact) mass is 320 g/mol. The van der Waals surface area contributed by atoms with Crippen LogP contribution in [-0.2, 0) is 11.3 Å². The molecule has 0 saturated carbocycles. The fraction of sp³-hybridized carbons (Fsp3) is 0.571. The summed E-state index contributed by atoms with van der Waals surface area (Å²) >= 11 is 1.44. The zero-order chi connectivity index (χ0) is 15.4. The van der Waals surface area contributed by atoms with E-state index in [2.05, 4.69) is 29.4 Å². The summed E-state index contributed by atoms with van der Waals surface area (Å²) in [4.78, 5) is 9.11. The van der Waals surface area contributed by atoms with Crippen LogP contribution in [0.4, 0.5) is 10.9 Å². The fourth-order valence-electron chi connectivity index (χ4n) is 2.46. The van der Waals surface area contributed by atoms with Crippen LogP contribution in [0.15, 0.2) is 12.1 Å². The lowest BCUT2D eigenvalue weighted by atomic mass is 10.3. The Morgan fingerprint density at radius 1 is 1.14 bits per heavy atom. The molecular weight excluding hydrogens is 300 g/mol. The average molecular weight is 320 g/mol. The van der Waals surface area contributed by atoms with Gasteiger partial charge in [-0.3, -0.25) is 0 Å². The second-order valence-corrected chi connectivity index (χ2v) is 6.02. The van der Waals surface area contributed by atoms with Crippen molar-refractivity contribution >= 4 is 22.5 Å². The molecule has 0 amide bonds. The lowest BCUT2D eigenvalue weighted by Gasteiger charge is -2.21. The molecule has 22 heavy (non-hydrogen) atoms. The van der Waals surface area contributed by atoms with Crippen molar-refractivity contribution in [3.8, 4) is 0 Å². The van der Waals surface area contributed by atoms with Crippen molar-refractivity contribution < 1.29 is 4.74 Å². The van der Waals surface area contributed by atoms with E-state index in [9.17, 15) is 0 Å². The molecule has 2 aromatic rings. The van der Waals surface area contributed by atoms with Crippen LogP contribution in [0.5, 0.6) is 0 Å². The second kappa shape index (κ2) is 6.97. The SMILES string of the molecule is COCc1nsc(N2CCCN(c3ccc(C)nn3)CC2)n1. The third kappa shape index (κ3) is 3.50. The van der Waals surface area contributed by atoms with E-state index in [1.54, 1.807) is 7.11 Å². The van der Waals surface area contributed by atoms with E-state index < -0.39 is 0 Å². The van der Waals surface area contributed by atoms with Gasteiger partial charge in [-0.2, -0.15) is 9.47 Å². The van der Waals surface area contributed by atoms with E-state index in [0.29, 0.717) is 6.61 Å². The Morgan fingerprint density at radius 3 is 2.73 bits per heavy atom. The van der Waals surface area contributed by atoms with Gasteiger partial charge < -0.3 is 14.5 Å². The summed E-state index contributed by atoms with van der Waals surface area (Å²) < 4.78 is 9.40. The molecule has 1 saturated heterocycles. The van der Waals surface area contributed by atoms with Crippen molar-refractivity contribution in [3.05, 3.63) is 23.7 Å². The van der Waals surface area contributed by atoms with E-state index >= 15 is 0 Å². The van der Waals surface area contributed by atoms with E-state index in [4.69, 9.17) is 4.74 Å². The Labute approximate surface area is 134 Å². The summed E-state index contributed by atoms with van der Waals surface area (Å²) in [5.74, 6) is 1.71. The topological polar surface area (TPSA) is 67.3 Å². The number of nitrogens with zero attached hydrogens (tertiary/aromatic N) is 6. The molecule has 0 radical (unpaired) electrons. The maximum atomic E-state index is 5.08. The van der Waals surface area contributed by atoms with Gasteiger partial charge in [0.05, 0.1) is 5.69 Å². The molecule has 0 spiro atoms. The Kier molecular flexibility index (Phi) is 4.79. The molecule has 8 heteroatoms. The standard InChI is InChI=1S/C14H20N6OS/c1-11-4-5-13(17-16-11)19-6-3-7-20(9-8-19)14-15-12(10-21-2)18-22-14/h4-5H,3,6-10H2,1-2H3. The predicted molar refractivity (Wildman–Crippen MR) is 86.4 cm³/mol. The van der Waals surface area contributed by atoms with E-state index in [1.165, 1.54) is 11.5 Å². The molecule has 3 rings (SSSR count). The normalized spacial score (nSPS) is 15.9. The van der Waals surface area contributed by atoms with E-state index in [-0.39, 0.29) is 0 Å². The van der Waals surface area contributed by atoms with Gasteiger partial charge in [0.25, 0.3) is 0 Å². The van der Waals surface area contributed by atoms with Crippen LogP contribution in [-0.4, -0.2) is 52.8 Å². The molecule has 2 aromatic heterocycles. The van der Waals surface area contributed by atoms with Crippen molar-refractivity contribution in [2.24, 2.45) is 0 Å². The molecule has 3 heterocycles. The number of aromatic nitrogens is 4. The lowest BCUT2D eigenvalue weighted by molar-refractivity contribution is 0.179. The molecule has 0 bridgehead atoms. The molecule has 0 N–H and O–H groups in total. The summed E-state index contributed by atoms with van der Waals surface area (Å²) in [5, 5.41) is 9.41. The van der Waals surface area contributed by atoms with Gasteiger partial charge in [0.15, 0.2) is 11.6 Å². The molecule has 7 nitrogen and oxygen atoms in total.